The topological polar surface area (TPSA) is 158 Å². The Kier molecular flexibility index (Phi) is 8.54. The summed E-state index contributed by atoms with van der Waals surface area (Å²) in [5, 5.41) is 42.4. The molecule has 3 rings (SSSR count). The molecular weight excluding hydrogens is 344 g/mol. The highest BCUT2D eigenvalue weighted by Crippen LogP contribution is 2.15. The first-order valence-corrected chi connectivity index (χ1v) is 9.11. The van der Waals surface area contributed by atoms with Crippen molar-refractivity contribution in [1.29, 1.82) is 0 Å². The molecule has 3 aliphatic rings. The van der Waals surface area contributed by atoms with Gasteiger partial charge in [-0.05, 0) is 5.92 Å². The molecular formula is C14H30N8O4. The average molecular weight is 374 g/mol. The molecule has 6 N–H and O–H groups in total. The quantitative estimate of drug-likeness (QED) is 0.214. The summed E-state index contributed by atoms with van der Waals surface area (Å²) in [5.41, 5.74) is -1.78. The van der Waals surface area contributed by atoms with Crippen LogP contribution in [0.25, 0.3) is 0 Å². The molecule has 2 bridgehead atoms. The van der Waals surface area contributed by atoms with Crippen LogP contribution in [-0.2, 0) is 0 Å². The number of rotatable bonds is 2. The van der Waals surface area contributed by atoms with Crippen molar-refractivity contribution in [2.45, 2.75) is 11.7 Å². The van der Waals surface area contributed by atoms with Crippen molar-refractivity contribution >= 4 is 0 Å². The largest absolute Gasteiger partial charge is 0.338 e. The number of hydrogen-bond acceptors (Lipinski definition) is 10. The maximum absolute atomic E-state index is 11.9. The van der Waals surface area contributed by atoms with E-state index in [0.717, 1.165) is 19.6 Å². The van der Waals surface area contributed by atoms with Crippen molar-refractivity contribution in [2.24, 2.45) is 5.92 Å². The third-order valence-corrected chi connectivity index (χ3v) is 4.84. The van der Waals surface area contributed by atoms with E-state index in [1.165, 1.54) is 0 Å². The number of fused-ring (bicyclic) bond motifs is 15. The van der Waals surface area contributed by atoms with Gasteiger partial charge < -0.3 is 26.6 Å². The molecule has 3 saturated heterocycles. The minimum Gasteiger partial charge on any atom is -0.315 e. The second-order valence-electron chi connectivity index (χ2n) is 6.83. The summed E-state index contributed by atoms with van der Waals surface area (Å²) in [4.78, 5) is 22.5. The maximum Gasteiger partial charge on any atom is 0.338 e. The lowest BCUT2D eigenvalue weighted by Gasteiger charge is -2.30. The van der Waals surface area contributed by atoms with Crippen LogP contribution in [0, 0.1) is 26.1 Å². The summed E-state index contributed by atoms with van der Waals surface area (Å²) in [5.74, 6) is 0.394. The van der Waals surface area contributed by atoms with Crippen molar-refractivity contribution in [1.82, 2.24) is 31.9 Å². The van der Waals surface area contributed by atoms with Gasteiger partial charge >= 0.3 is 11.7 Å². The van der Waals surface area contributed by atoms with Gasteiger partial charge in [0.05, 0.1) is 13.1 Å². The van der Waals surface area contributed by atoms with Gasteiger partial charge in [-0.2, -0.15) is 0 Å². The zero-order chi connectivity index (χ0) is 18.8. The number of nitro groups is 2. The van der Waals surface area contributed by atoms with Gasteiger partial charge in [0.1, 0.15) is 0 Å². The van der Waals surface area contributed by atoms with Gasteiger partial charge in [0.25, 0.3) is 0 Å². The summed E-state index contributed by atoms with van der Waals surface area (Å²) < 4.78 is 0. The summed E-state index contributed by atoms with van der Waals surface area (Å²) in [6, 6.07) is 0. The molecule has 0 saturated carbocycles. The van der Waals surface area contributed by atoms with E-state index in [2.05, 4.69) is 31.9 Å². The summed E-state index contributed by atoms with van der Waals surface area (Å²) in [6.07, 6.45) is -1.48. The molecule has 0 spiro atoms. The van der Waals surface area contributed by atoms with Gasteiger partial charge in [-0.15, -0.1) is 0 Å². The van der Waals surface area contributed by atoms with Gasteiger partial charge in [-0.25, -0.2) is 5.32 Å². The van der Waals surface area contributed by atoms with E-state index in [1.807, 2.05) is 0 Å². The minimum absolute atomic E-state index is 0.0857. The van der Waals surface area contributed by atoms with Crippen LogP contribution >= 0.6 is 0 Å². The highest BCUT2D eigenvalue weighted by molar-refractivity contribution is 4.92. The Morgan fingerprint density at radius 2 is 1.19 bits per heavy atom. The molecule has 3 fully saturated rings. The summed E-state index contributed by atoms with van der Waals surface area (Å²) in [7, 11) is 0. The van der Waals surface area contributed by atoms with Gasteiger partial charge in [0.2, 0.25) is 0 Å². The second-order valence-corrected chi connectivity index (χ2v) is 6.83. The Morgan fingerprint density at radius 3 is 1.65 bits per heavy atom. The number of nitrogens with zero attached hydrogens (tertiary/aromatic N) is 2. The van der Waals surface area contributed by atoms with Crippen molar-refractivity contribution < 1.29 is 9.85 Å². The van der Waals surface area contributed by atoms with Crippen LogP contribution in [-0.4, -0.2) is 93.5 Å². The fourth-order valence-electron chi connectivity index (χ4n) is 3.34. The van der Waals surface area contributed by atoms with E-state index in [-0.39, 0.29) is 19.6 Å². The molecule has 12 nitrogen and oxygen atoms in total. The summed E-state index contributed by atoms with van der Waals surface area (Å²) in [6.45, 7) is 5.37. The predicted molar refractivity (Wildman–Crippen MR) is 96.3 cm³/mol. The van der Waals surface area contributed by atoms with Gasteiger partial charge in [0, 0.05) is 68.7 Å². The van der Waals surface area contributed by atoms with E-state index >= 15 is 0 Å². The van der Waals surface area contributed by atoms with Crippen LogP contribution in [0.15, 0.2) is 0 Å². The highest BCUT2D eigenvalue weighted by Gasteiger charge is 2.57. The van der Waals surface area contributed by atoms with E-state index < -0.39 is 21.6 Å². The smallest absolute Gasteiger partial charge is 0.315 e. The molecule has 1 atom stereocenters. The molecule has 3 aliphatic heterocycles. The zero-order valence-electron chi connectivity index (χ0n) is 15.0. The first kappa shape index (κ1) is 20.9. The first-order valence-electron chi connectivity index (χ1n) is 9.11. The molecule has 0 aliphatic carbocycles. The van der Waals surface area contributed by atoms with E-state index in [0.29, 0.717) is 38.6 Å². The fraction of sp³-hybridized carbons (Fsp3) is 1.00. The van der Waals surface area contributed by atoms with E-state index in [4.69, 9.17) is 0 Å². The first-order chi connectivity index (χ1) is 12.6. The van der Waals surface area contributed by atoms with Gasteiger partial charge in [-0.1, -0.05) is 0 Å². The molecule has 1 unspecified atom stereocenters. The third-order valence-electron chi connectivity index (χ3n) is 4.84. The summed E-state index contributed by atoms with van der Waals surface area (Å²) >= 11 is 0. The SMILES string of the molecule is O=[N+]([O-])C1NCCNCC2CNCCNCC1([N+](=O)[O-])CNCCNC2. The van der Waals surface area contributed by atoms with Crippen LogP contribution in [0.3, 0.4) is 0 Å². The Bertz CT molecular complexity index is 450. The standard InChI is InChI=1S/C14H30N8O4/c23-21(24)13-14(22(25)26)10-18-3-1-15-7-12(9-17-5-6-20-13)8-16-2-4-19-11-14/h12-13,15-20H,1-11H2. The van der Waals surface area contributed by atoms with Crippen LogP contribution in [0.1, 0.15) is 0 Å². The Balaban J connectivity index is 2.27. The average Bonchev–Trinajstić information content (AvgIpc) is 2.60. The lowest BCUT2D eigenvalue weighted by atomic mass is 9.95. The highest BCUT2D eigenvalue weighted by atomic mass is 16.6. The zero-order valence-corrected chi connectivity index (χ0v) is 15.0. The normalized spacial score (nSPS) is 33.1. The van der Waals surface area contributed by atoms with Crippen molar-refractivity contribution in [3.05, 3.63) is 20.2 Å². The van der Waals surface area contributed by atoms with E-state index in [1.54, 1.807) is 0 Å². The fourth-order valence-corrected chi connectivity index (χ4v) is 3.34. The number of nitrogens with one attached hydrogen (secondary N) is 6. The Labute approximate surface area is 152 Å². The van der Waals surface area contributed by atoms with Gasteiger partial charge in [-0.3, -0.25) is 20.2 Å². The monoisotopic (exact) mass is 374 g/mol. The molecule has 12 heteroatoms. The van der Waals surface area contributed by atoms with E-state index in [9.17, 15) is 20.2 Å². The second kappa shape index (κ2) is 10.6. The van der Waals surface area contributed by atoms with Crippen LogP contribution in [0.4, 0.5) is 0 Å². The molecule has 0 amide bonds. The van der Waals surface area contributed by atoms with Crippen LogP contribution in [0.2, 0.25) is 0 Å². The van der Waals surface area contributed by atoms with Crippen molar-refractivity contribution in [3.63, 3.8) is 0 Å². The molecule has 0 aromatic carbocycles. The molecule has 150 valence electrons. The minimum atomic E-state index is -1.78. The maximum atomic E-state index is 11.9. The Hall–Kier alpha value is -1.44. The number of hydrogen-bond donors (Lipinski definition) is 6. The van der Waals surface area contributed by atoms with Crippen molar-refractivity contribution in [3.8, 4) is 0 Å². The molecule has 0 aromatic heterocycles. The molecule has 0 radical (unpaired) electrons. The van der Waals surface area contributed by atoms with Gasteiger partial charge in [0.15, 0.2) is 0 Å². The Morgan fingerprint density at radius 1 is 0.731 bits per heavy atom. The van der Waals surface area contributed by atoms with Crippen molar-refractivity contribution in [2.75, 3.05) is 72.0 Å². The molecule has 0 aromatic rings. The lowest BCUT2D eigenvalue weighted by Crippen LogP contribution is -2.69. The molecule has 3 heterocycles. The lowest BCUT2D eigenvalue weighted by molar-refractivity contribution is -0.654. The molecule has 26 heavy (non-hydrogen) atoms. The van der Waals surface area contributed by atoms with Crippen LogP contribution in [0.5, 0.6) is 0 Å². The van der Waals surface area contributed by atoms with Crippen LogP contribution < -0.4 is 31.9 Å². The third kappa shape index (κ3) is 5.79. The predicted octanol–water partition coefficient (Wildman–Crippen LogP) is -3.21.